The molecule has 5 nitrogen and oxygen atoms in total. The molecule has 2 N–H and O–H groups in total. The zero-order valence-corrected chi connectivity index (χ0v) is 20.8. The maximum absolute atomic E-state index is 12.3. The summed E-state index contributed by atoms with van der Waals surface area (Å²) >= 11 is 6.54. The summed E-state index contributed by atoms with van der Waals surface area (Å²) in [5, 5.41) is 6.93. The highest BCUT2D eigenvalue weighted by Gasteiger charge is 2.14. The second-order valence-electron chi connectivity index (χ2n) is 8.33. The number of rotatable bonds is 12. The van der Waals surface area contributed by atoms with Crippen LogP contribution < -0.4 is 20.1 Å². The van der Waals surface area contributed by atoms with Crippen molar-refractivity contribution < 1.29 is 14.3 Å². The zero-order valence-electron chi connectivity index (χ0n) is 20.1. The second kappa shape index (κ2) is 13.0. The number of aryl methyl sites for hydroxylation is 2. The van der Waals surface area contributed by atoms with Gasteiger partial charge in [0.05, 0.1) is 6.61 Å². The molecule has 0 heterocycles. The van der Waals surface area contributed by atoms with Crippen LogP contribution >= 0.6 is 11.6 Å². The van der Waals surface area contributed by atoms with E-state index in [9.17, 15) is 4.79 Å². The largest absolute Gasteiger partial charge is 0.490 e. The van der Waals surface area contributed by atoms with Crippen LogP contribution in [0.3, 0.4) is 0 Å². The van der Waals surface area contributed by atoms with Gasteiger partial charge in [-0.1, -0.05) is 59.6 Å². The van der Waals surface area contributed by atoms with E-state index in [1.54, 1.807) is 6.07 Å². The lowest BCUT2D eigenvalue weighted by Crippen LogP contribution is -2.26. The maximum Gasteiger partial charge on any atom is 0.262 e. The molecule has 0 fully saturated rings. The first-order valence-electron chi connectivity index (χ1n) is 11.7. The van der Waals surface area contributed by atoms with Gasteiger partial charge in [0.2, 0.25) is 0 Å². The highest BCUT2D eigenvalue weighted by Crippen LogP contribution is 2.34. The van der Waals surface area contributed by atoms with Crippen molar-refractivity contribution in [3.8, 4) is 11.5 Å². The van der Waals surface area contributed by atoms with Gasteiger partial charge in [0, 0.05) is 29.4 Å². The number of carbonyl (C=O) groups is 1. The average molecular weight is 481 g/mol. The van der Waals surface area contributed by atoms with Crippen LogP contribution in [0.25, 0.3) is 0 Å². The molecule has 0 bridgehead atoms. The van der Waals surface area contributed by atoms with Crippen molar-refractivity contribution >= 4 is 23.2 Å². The van der Waals surface area contributed by atoms with Crippen LogP contribution in [0.4, 0.5) is 5.69 Å². The smallest absolute Gasteiger partial charge is 0.262 e. The van der Waals surface area contributed by atoms with Crippen molar-refractivity contribution in [2.75, 3.05) is 18.5 Å². The first kappa shape index (κ1) is 25.6. The van der Waals surface area contributed by atoms with Crippen molar-refractivity contribution in [3.63, 3.8) is 0 Å². The van der Waals surface area contributed by atoms with Crippen LogP contribution in [0.15, 0.2) is 66.7 Å². The lowest BCUT2D eigenvalue weighted by atomic mass is 10.1. The molecule has 0 spiro atoms. The molecule has 1 amide bonds. The van der Waals surface area contributed by atoms with Gasteiger partial charge in [-0.05, 0) is 62.9 Å². The fourth-order valence-corrected chi connectivity index (χ4v) is 3.71. The molecule has 34 heavy (non-hydrogen) atoms. The third-order valence-electron chi connectivity index (χ3n) is 5.46. The predicted molar refractivity (Wildman–Crippen MR) is 139 cm³/mol. The third-order valence-corrected chi connectivity index (χ3v) is 5.81. The number of amides is 1. The van der Waals surface area contributed by atoms with Crippen molar-refractivity contribution in [2.45, 2.75) is 46.2 Å². The van der Waals surface area contributed by atoms with Crippen LogP contribution in [-0.4, -0.2) is 25.2 Å². The molecule has 3 rings (SSSR count). The minimum Gasteiger partial charge on any atom is -0.490 e. The van der Waals surface area contributed by atoms with Gasteiger partial charge in [-0.25, -0.2) is 0 Å². The van der Waals surface area contributed by atoms with Gasteiger partial charge in [-0.15, -0.1) is 0 Å². The van der Waals surface area contributed by atoms with Crippen LogP contribution in [0.1, 0.15) is 37.0 Å². The summed E-state index contributed by atoms with van der Waals surface area (Å²) in [5.74, 6) is 0.774. The van der Waals surface area contributed by atoms with Crippen molar-refractivity contribution in [1.82, 2.24) is 5.32 Å². The monoisotopic (exact) mass is 480 g/mol. The Kier molecular flexibility index (Phi) is 9.80. The van der Waals surface area contributed by atoms with Crippen LogP contribution in [-0.2, 0) is 17.8 Å². The Hall–Kier alpha value is -3.02. The summed E-state index contributed by atoms with van der Waals surface area (Å²) < 4.78 is 11.5. The van der Waals surface area contributed by atoms with E-state index in [4.69, 9.17) is 21.1 Å². The van der Waals surface area contributed by atoms with Gasteiger partial charge in [0.25, 0.3) is 5.91 Å². The van der Waals surface area contributed by atoms with E-state index in [0.717, 1.165) is 29.7 Å². The average Bonchev–Trinajstić information content (AvgIpc) is 2.84. The SMILES string of the molecule is CCOc1cc(CNC(C)CCc2ccccc2)c(Cl)cc1OCC(=O)Nc1ccc(C)cc1. The summed E-state index contributed by atoms with van der Waals surface area (Å²) in [6.45, 7) is 7.03. The highest BCUT2D eigenvalue weighted by molar-refractivity contribution is 6.31. The normalized spacial score (nSPS) is 11.6. The molecule has 1 atom stereocenters. The minimum absolute atomic E-state index is 0.140. The molecule has 3 aromatic rings. The molecule has 0 saturated heterocycles. The van der Waals surface area contributed by atoms with E-state index in [0.29, 0.717) is 35.7 Å². The maximum atomic E-state index is 12.3. The Morgan fingerprint density at radius 3 is 2.41 bits per heavy atom. The molecule has 0 aromatic heterocycles. The number of halogens is 1. The molecule has 0 aliphatic carbocycles. The molecular weight excluding hydrogens is 448 g/mol. The van der Waals surface area contributed by atoms with Crippen molar-refractivity contribution in [3.05, 3.63) is 88.4 Å². The second-order valence-corrected chi connectivity index (χ2v) is 8.74. The van der Waals surface area contributed by atoms with Crippen molar-refractivity contribution in [1.29, 1.82) is 0 Å². The van der Waals surface area contributed by atoms with Crippen LogP contribution in [0.2, 0.25) is 5.02 Å². The summed E-state index contributed by atoms with van der Waals surface area (Å²) in [4.78, 5) is 12.3. The fourth-order valence-electron chi connectivity index (χ4n) is 3.49. The van der Waals surface area contributed by atoms with Crippen LogP contribution in [0.5, 0.6) is 11.5 Å². The van der Waals surface area contributed by atoms with Crippen molar-refractivity contribution in [2.24, 2.45) is 0 Å². The Morgan fingerprint density at radius 1 is 1.00 bits per heavy atom. The Bertz CT molecular complexity index is 1060. The Labute approximate surface area is 207 Å². The number of hydrogen-bond donors (Lipinski definition) is 2. The first-order chi connectivity index (χ1) is 16.4. The standard InChI is InChI=1S/C28H33ClN2O3/c1-4-33-26-16-23(18-30-21(3)12-13-22-8-6-5-7-9-22)25(29)17-27(26)34-19-28(32)31-24-14-10-20(2)11-15-24/h5-11,14-17,21,30H,4,12-13,18-19H2,1-3H3,(H,31,32). The summed E-state index contributed by atoms with van der Waals surface area (Å²) in [6, 6.07) is 22.0. The van der Waals surface area contributed by atoms with Crippen LogP contribution in [0, 0.1) is 6.92 Å². The minimum atomic E-state index is -0.250. The molecule has 180 valence electrons. The lowest BCUT2D eigenvalue weighted by Gasteiger charge is -2.17. The predicted octanol–water partition coefficient (Wildman–Crippen LogP) is 6.18. The molecule has 0 aliphatic heterocycles. The number of ether oxygens (including phenoxy) is 2. The van der Waals surface area contributed by atoms with Gasteiger partial charge >= 0.3 is 0 Å². The Morgan fingerprint density at radius 2 is 1.71 bits per heavy atom. The van der Waals surface area contributed by atoms with E-state index in [1.807, 2.05) is 50.2 Å². The van der Waals surface area contributed by atoms with Gasteiger partial charge in [0.15, 0.2) is 18.1 Å². The summed E-state index contributed by atoms with van der Waals surface area (Å²) in [5.41, 5.74) is 4.12. The lowest BCUT2D eigenvalue weighted by molar-refractivity contribution is -0.118. The number of hydrogen-bond acceptors (Lipinski definition) is 4. The zero-order chi connectivity index (χ0) is 24.3. The molecule has 0 saturated carbocycles. The molecular formula is C28H33ClN2O3. The number of benzene rings is 3. The summed E-state index contributed by atoms with van der Waals surface area (Å²) in [6.07, 6.45) is 2.04. The van der Waals surface area contributed by atoms with E-state index in [2.05, 4.69) is 41.8 Å². The molecule has 0 aliphatic rings. The van der Waals surface area contributed by atoms with E-state index in [1.165, 1.54) is 5.56 Å². The quantitative estimate of drug-likeness (QED) is 0.325. The number of carbonyl (C=O) groups excluding carboxylic acids is 1. The van der Waals surface area contributed by atoms with Gasteiger partial charge in [-0.2, -0.15) is 0 Å². The third kappa shape index (κ3) is 8.08. The molecule has 1 unspecified atom stereocenters. The van der Waals surface area contributed by atoms with E-state index >= 15 is 0 Å². The fraction of sp³-hybridized carbons (Fsp3) is 0.321. The van der Waals surface area contributed by atoms with Gasteiger partial charge in [0.1, 0.15) is 0 Å². The highest BCUT2D eigenvalue weighted by atomic mass is 35.5. The molecule has 3 aromatic carbocycles. The Balaban J connectivity index is 1.56. The molecule has 0 radical (unpaired) electrons. The molecule has 6 heteroatoms. The topological polar surface area (TPSA) is 59.6 Å². The van der Waals surface area contributed by atoms with E-state index < -0.39 is 0 Å². The van der Waals surface area contributed by atoms with Gasteiger partial charge in [-0.3, -0.25) is 4.79 Å². The number of anilines is 1. The first-order valence-corrected chi connectivity index (χ1v) is 12.0. The number of nitrogens with one attached hydrogen (secondary N) is 2. The van der Waals surface area contributed by atoms with E-state index in [-0.39, 0.29) is 12.5 Å². The van der Waals surface area contributed by atoms with Gasteiger partial charge < -0.3 is 20.1 Å². The summed E-state index contributed by atoms with van der Waals surface area (Å²) in [7, 11) is 0.